The van der Waals surface area contributed by atoms with Crippen molar-refractivity contribution in [3.63, 3.8) is 0 Å². The van der Waals surface area contributed by atoms with Crippen LogP contribution >= 0.6 is 0 Å². The first-order chi connectivity index (χ1) is 35.5. The molecule has 0 saturated carbocycles. The topological polar surface area (TPSA) is 507 Å². The predicted molar refractivity (Wildman–Crippen MR) is 268 cm³/mol. The molecule has 0 unspecified atom stereocenters. The molecule has 0 fully saturated rings. The fraction of sp³-hybridized carbons (Fsp3) is 0. The van der Waals surface area contributed by atoms with Crippen LogP contribution in [0.15, 0.2) is 182 Å². The predicted octanol–water partition coefficient (Wildman–Crippen LogP) is -1.15. The Bertz CT molecular complexity index is 4050. The summed E-state index contributed by atoms with van der Waals surface area (Å²) in [6, 6.07) is 24.0. The van der Waals surface area contributed by atoms with Gasteiger partial charge in [-0.15, -0.1) is 30.7 Å². The maximum atomic E-state index is 12.0. The zero-order chi connectivity index (χ0) is 55.7. The fourth-order valence-electron chi connectivity index (χ4n) is 6.59. The average Bonchev–Trinajstić information content (AvgIpc) is 3.32. The van der Waals surface area contributed by atoms with Crippen molar-refractivity contribution in [2.45, 2.75) is 19.6 Å². The van der Waals surface area contributed by atoms with Crippen molar-refractivity contribution in [2.24, 2.45) is 51.2 Å². The number of hydrogen-bond donors (Lipinski definition) is 10. The minimum atomic E-state index is -5.21. The molecular weight excluding hydrogens is 1200 g/mol. The average molecular weight is 1240 g/mol. The number of fused-ring (bicyclic) bond motifs is 2. The maximum Gasteiger partial charge on any atom is 1.00 e. The molecular formula is C44H34CrN12Na3O16S4+. The summed E-state index contributed by atoms with van der Waals surface area (Å²) in [6.45, 7) is 0. The number of nitrogens with zero attached hydrogens (tertiary/aromatic N) is 8. The summed E-state index contributed by atoms with van der Waals surface area (Å²) < 4.78 is 118. The molecule has 0 radical (unpaired) electrons. The molecule has 0 spiro atoms. The third-order valence-electron chi connectivity index (χ3n) is 10.2. The van der Waals surface area contributed by atoms with Gasteiger partial charge in [0.25, 0.3) is 0 Å². The zero-order valence-corrected chi connectivity index (χ0v) is 51.8. The van der Waals surface area contributed by atoms with E-state index in [9.17, 15) is 73.4 Å². The number of nitrogens with two attached hydrogens (primary N) is 4. The molecule has 0 aromatic heterocycles. The molecule has 0 bridgehead atoms. The Morgan fingerprint density at radius 2 is 0.725 bits per heavy atom. The first-order valence-electron chi connectivity index (χ1n) is 20.5. The number of azo groups is 4. The van der Waals surface area contributed by atoms with E-state index in [1.165, 1.54) is 72.8 Å². The van der Waals surface area contributed by atoms with Gasteiger partial charge in [0.2, 0.25) is 20.0 Å². The van der Waals surface area contributed by atoms with Crippen LogP contribution in [0.5, 0.6) is 34.5 Å². The molecule has 80 heavy (non-hydrogen) atoms. The Balaban J connectivity index is 0.000000400. The minimum Gasteiger partial charge on any atom is -0.744 e. The summed E-state index contributed by atoms with van der Waals surface area (Å²) in [7, 11) is -18.7. The minimum absolute atomic E-state index is 0. The van der Waals surface area contributed by atoms with Crippen LogP contribution in [0.1, 0.15) is 0 Å². The van der Waals surface area contributed by atoms with Crippen LogP contribution in [0.2, 0.25) is 0 Å². The van der Waals surface area contributed by atoms with Crippen LogP contribution in [0, 0.1) is 0 Å². The van der Waals surface area contributed by atoms with Crippen LogP contribution in [-0.2, 0) is 57.6 Å². The van der Waals surface area contributed by atoms with Gasteiger partial charge in [0, 0.05) is 40.3 Å². The van der Waals surface area contributed by atoms with Crippen molar-refractivity contribution in [1.29, 1.82) is 0 Å². The number of hydrogen-bond acceptors (Lipinski definition) is 26. The number of rotatable bonds is 12. The van der Waals surface area contributed by atoms with E-state index < -0.39 is 106 Å². The van der Waals surface area contributed by atoms with Gasteiger partial charge in [-0.2, -0.15) is 10.2 Å². The van der Waals surface area contributed by atoms with E-state index in [0.717, 1.165) is 48.5 Å². The molecule has 398 valence electrons. The molecule has 14 N–H and O–H groups in total. The van der Waals surface area contributed by atoms with Crippen LogP contribution in [-0.4, -0.2) is 73.4 Å². The third-order valence-corrected chi connectivity index (χ3v) is 13.8. The van der Waals surface area contributed by atoms with Gasteiger partial charge in [0.15, 0.2) is 11.5 Å². The van der Waals surface area contributed by atoms with E-state index in [4.69, 9.17) is 21.7 Å². The summed E-state index contributed by atoms with van der Waals surface area (Å²) in [4.78, 5) is -2.71. The van der Waals surface area contributed by atoms with Crippen LogP contribution in [0.25, 0.3) is 21.5 Å². The molecule has 0 aliphatic rings. The van der Waals surface area contributed by atoms with Gasteiger partial charge in [-0.05, 0) is 120 Å². The van der Waals surface area contributed by atoms with Crippen molar-refractivity contribution in [3.8, 4) is 34.5 Å². The maximum absolute atomic E-state index is 12.0. The van der Waals surface area contributed by atoms with Crippen molar-refractivity contribution >= 4 is 119 Å². The summed E-state index contributed by atoms with van der Waals surface area (Å²) >= 11 is 0. The van der Waals surface area contributed by atoms with Crippen molar-refractivity contribution < 1.29 is 179 Å². The van der Waals surface area contributed by atoms with E-state index >= 15 is 0 Å². The molecule has 8 aromatic carbocycles. The van der Waals surface area contributed by atoms with E-state index in [1.54, 1.807) is 0 Å². The van der Waals surface area contributed by atoms with E-state index in [1.807, 2.05) is 0 Å². The molecule has 0 atom stereocenters. The Morgan fingerprint density at radius 1 is 0.388 bits per heavy atom. The first-order valence-corrected chi connectivity index (χ1v) is 26.5. The number of nitrogen functional groups attached to an aromatic ring is 2. The Kier molecular flexibility index (Phi) is 23.4. The number of primary sulfonamides is 2. The first kappa shape index (κ1) is 68.5. The molecule has 0 saturated heterocycles. The quantitative estimate of drug-likeness (QED) is 0.0299. The van der Waals surface area contributed by atoms with Gasteiger partial charge in [0.05, 0.1) is 42.3 Å². The van der Waals surface area contributed by atoms with Crippen LogP contribution < -0.4 is 110 Å². The standard InChI is InChI=1S/2C22H18N6O8S2.Cr.3Na/c2*23-16-9-13(29)2-5-17(16)26-25-12-1-4-15-11(7-12)8-20(38(34,35)36)21(22(15)31)28-27-18-10-14(37(24,32)33)3-6-19(18)30;;;;/h2*1-10,29-31H,23H2,(H2,24,32,33)(H,34,35,36);;;;/q;;;3*+1/p-2. The van der Waals surface area contributed by atoms with Crippen LogP contribution in [0.3, 0.4) is 0 Å². The molecule has 0 aliphatic heterocycles. The second-order valence-corrected chi connectivity index (χ2v) is 21.4. The van der Waals surface area contributed by atoms with Gasteiger partial charge in [-0.3, -0.25) is 0 Å². The fourth-order valence-corrected chi connectivity index (χ4v) is 8.95. The van der Waals surface area contributed by atoms with E-state index in [2.05, 4.69) is 40.9 Å². The summed E-state index contributed by atoms with van der Waals surface area (Å²) in [5, 5.41) is 101. The van der Waals surface area contributed by atoms with Gasteiger partial charge in [-0.1, -0.05) is 0 Å². The van der Waals surface area contributed by atoms with E-state index in [0.29, 0.717) is 0 Å². The summed E-state index contributed by atoms with van der Waals surface area (Å²) in [5.41, 5.74) is 10.4. The Morgan fingerprint density at radius 3 is 1.04 bits per heavy atom. The summed E-state index contributed by atoms with van der Waals surface area (Å²) in [5.74, 6) is -2.64. The largest absolute Gasteiger partial charge is 1.00 e. The molecule has 8 rings (SSSR count). The number of aromatic hydroxyl groups is 6. The molecule has 28 nitrogen and oxygen atoms in total. The monoisotopic (exact) mass is 1240 g/mol. The number of anilines is 2. The normalized spacial score (nSPS) is 11.9. The Hall–Kier alpha value is -5.75. The number of benzene rings is 8. The number of sulfonamides is 2. The van der Waals surface area contributed by atoms with Gasteiger partial charge < -0.3 is 51.2 Å². The van der Waals surface area contributed by atoms with Crippen LogP contribution in [0.4, 0.5) is 56.9 Å². The molecule has 8 aromatic rings. The molecule has 36 heteroatoms. The second kappa shape index (κ2) is 27.3. The molecule has 0 aliphatic carbocycles. The number of phenols is 6. The smallest absolute Gasteiger partial charge is 0.744 e. The van der Waals surface area contributed by atoms with Gasteiger partial charge >= 0.3 is 88.7 Å². The van der Waals surface area contributed by atoms with Crippen molar-refractivity contribution in [3.05, 3.63) is 121 Å². The third kappa shape index (κ3) is 16.7. The van der Waals surface area contributed by atoms with Gasteiger partial charge in [-0.25, -0.2) is 43.9 Å². The summed E-state index contributed by atoms with van der Waals surface area (Å²) in [6.07, 6.45) is 0. The second-order valence-electron chi connectivity index (χ2n) is 15.5. The Labute approximate surface area is 530 Å². The van der Waals surface area contributed by atoms with Gasteiger partial charge in [0.1, 0.15) is 77.4 Å². The number of phenolic OH excluding ortho intramolecular Hbond substituents is 6. The molecule has 0 heterocycles. The SMILES string of the molecule is Nc1cc(O)ccc1N=Nc1ccc2c(O)c(N=Nc3cc(S(N)(=O)=O)ccc3O)c(S(=O)(=O)[O-])cc2c1.Nc1cc(O)ccc1N=Nc1ccc2c(O)c(N=Nc3cc(S(N)(=O)=O)ccc3O)c(S(=O)(=O)[O-])cc2c1.[Cr].[Na+].[Na+].[Na+]. The van der Waals surface area contributed by atoms with E-state index in [-0.39, 0.29) is 173 Å². The molecule has 0 amide bonds. The zero-order valence-electron chi connectivity index (χ0n) is 41.2. The van der Waals surface area contributed by atoms with Crippen molar-refractivity contribution in [2.75, 3.05) is 11.5 Å². The van der Waals surface area contributed by atoms with Crippen molar-refractivity contribution in [1.82, 2.24) is 0 Å².